The molecule has 31 heavy (non-hydrogen) atoms. The van der Waals surface area contributed by atoms with Gasteiger partial charge in [-0.3, -0.25) is 4.79 Å². The predicted octanol–water partition coefficient (Wildman–Crippen LogP) is 7.79. The smallest absolute Gasteiger partial charge is 0.309 e. The molecule has 176 valence electrons. The van der Waals surface area contributed by atoms with Gasteiger partial charge in [-0.25, -0.2) is 4.39 Å². The minimum absolute atomic E-state index is 0.0360. The highest BCUT2D eigenvalue weighted by atomic mass is 19.1. The molecule has 0 aromatic rings. The zero-order valence-electron chi connectivity index (χ0n) is 19.9. The van der Waals surface area contributed by atoms with Gasteiger partial charge in [-0.15, -0.1) is 0 Å². The molecule has 3 fully saturated rings. The summed E-state index contributed by atoms with van der Waals surface area (Å²) >= 11 is 0. The van der Waals surface area contributed by atoms with E-state index in [1.165, 1.54) is 64.2 Å². The van der Waals surface area contributed by atoms with Crippen molar-refractivity contribution in [3.8, 4) is 11.8 Å². The van der Waals surface area contributed by atoms with Crippen LogP contribution in [0.3, 0.4) is 0 Å². The molecule has 0 aliphatic heterocycles. The molecule has 0 radical (unpaired) electrons. The summed E-state index contributed by atoms with van der Waals surface area (Å²) in [5.74, 6) is 9.19. The summed E-state index contributed by atoms with van der Waals surface area (Å²) in [6.45, 7) is 2.28. The first-order valence-electron chi connectivity index (χ1n) is 13.5. The van der Waals surface area contributed by atoms with Gasteiger partial charge in [-0.2, -0.15) is 0 Å². The average Bonchev–Trinajstić information content (AvgIpc) is 2.80. The van der Waals surface area contributed by atoms with Gasteiger partial charge < -0.3 is 4.74 Å². The number of hydrogen-bond donors (Lipinski definition) is 0. The minimum Gasteiger partial charge on any atom is -0.462 e. The molecular weight excluding hydrogens is 387 g/mol. The van der Waals surface area contributed by atoms with Gasteiger partial charge in [0, 0.05) is 11.8 Å². The maximum Gasteiger partial charge on any atom is 0.309 e. The molecule has 0 unspecified atom stereocenters. The topological polar surface area (TPSA) is 26.3 Å². The van der Waals surface area contributed by atoms with Crippen molar-refractivity contribution in [3.05, 3.63) is 0 Å². The summed E-state index contributed by atoms with van der Waals surface area (Å²) in [4.78, 5) is 12.5. The second-order valence-corrected chi connectivity index (χ2v) is 10.6. The van der Waals surface area contributed by atoms with Crippen molar-refractivity contribution in [3.63, 3.8) is 0 Å². The molecule has 0 saturated heterocycles. The number of carbonyl (C=O) groups excluding carboxylic acids is 1. The van der Waals surface area contributed by atoms with Gasteiger partial charge in [0.1, 0.15) is 12.3 Å². The van der Waals surface area contributed by atoms with E-state index in [-0.39, 0.29) is 18.0 Å². The number of carbonyl (C=O) groups is 1. The molecule has 0 amide bonds. The van der Waals surface area contributed by atoms with Crippen molar-refractivity contribution in [2.45, 2.75) is 135 Å². The van der Waals surface area contributed by atoms with Crippen molar-refractivity contribution < 1.29 is 13.9 Å². The van der Waals surface area contributed by atoms with Crippen LogP contribution in [-0.4, -0.2) is 18.2 Å². The molecule has 3 saturated carbocycles. The minimum atomic E-state index is -0.699. The van der Waals surface area contributed by atoms with E-state index in [1.54, 1.807) is 0 Å². The van der Waals surface area contributed by atoms with Gasteiger partial charge in [-0.05, 0) is 83.0 Å². The van der Waals surface area contributed by atoms with Gasteiger partial charge in [-0.1, -0.05) is 57.3 Å². The van der Waals surface area contributed by atoms with Crippen LogP contribution in [0, 0.1) is 35.5 Å². The fourth-order valence-corrected chi connectivity index (χ4v) is 5.74. The van der Waals surface area contributed by atoms with Crippen molar-refractivity contribution in [1.29, 1.82) is 0 Å². The summed E-state index contributed by atoms with van der Waals surface area (Å²) < 4.78 is 18.9. The maximum atomic E-state index is 13.3. The molecule has 3 rings (SSSR count). The van der Waals surface area contributed by atoms with E-state index in [0.29, 0.717) is 37.5 Å². The van der Waals surface area contributed by atoms with Gasteiger partial charge in [0.05, 0.1) is 5.92 Å². The van der Waals surface area contributed by atoms with E-state index in [9.17, 15) is 9.18 Å². The normalized spacial score (nSPS) is 33.9. The lowest BCUT2D eigenvalue weighted by molar-refractivity contribution is -0.157. The Morgan fingerprint density at radius 2 is 1.35 bits per heavy atom. The first kappa shape index (κ1) is 24.6. The molecule has 3 heteroatoms. The molecule has 3 aliphatic carbocycles. The Balaban J connectivity index is 1.28. The third-order valence-electron chi connectivity index (χ3n) is 8.00. The second kappa shape index (κ2) is 13.5. The second-order valence-electron chi connectivity index (χ2n) is 10.6. The highest BCUT2D eigenvalue weighted by Crippen LogP contribution is 2.34. The van der Waals surface area contributed by atoms with Gasteiger partial charge in [0.2, 0.25) is 0 Å². The molecule has 3 aliphatic rings. The molecule has 0 atom stereocenters. The van der Waals surface area contributed by atoms with Gasteiger partial charge in [0.25, 0.3) is 0 Å². The van der Waals surface area contributed by atoms with Crippen molar-refractivity contribution in [2.24, 2.45) is 23.7 Å². The van der Waals surface area contributed by atoms with E-state index in [0.717, 1.165) is 31.6 Å². The van der Waals surface area contributed by atoms with Crippen molar-refractivity contribution in [1.82, 2.24) is 0 Å². The van der Waals surface area contributed by atoms with Crippen LogP contribution in [0.25, 0.3) is 0 Å². The summed E-state index contributed by atoms with van der Waals surface area (Å²) in [7, 11) is 0. The monoisotopic (exact) mass is 432 g/mol. The number of rotatable bonds is 8. The predicted molar refractivity (Wildman–Crippen MR) is 125 cm³/mol. The Bertz CT molecular complexity index is 568. The standard InChI is InChI=1S/C28H45FO2/c1-2-3-4-5-6-7-22-8-10-23(11-9-22)12-13-24-14-16-25(17-15-24)28(30)31-27-20-18-26(29)19-21-27/h22-27H,2-11,14-21H2,1H3. The largest absolute Gasteiger partial charge is 0.462 e. The van der Waals surface area contributed by atoms with Crippen LogP contribution in [0.2, 0.25) is 0 Å². The van der Waals surface area contributed by atoms with E-state index >= 15 is 0 Å². The lowest BCUT2D eigenvalue weighted by Gasteiger charge is -2.29. The van der Waals surface area contributed by atoms with Crippen LogP contribution in [0.5, 0.6) is 0 Å². The first-order chi connectivity index (χ1) is 15.1. The molecule has 0 bridgehead atoms. The van der Waals surface area contributed by atoms with E-state index in [1.807, 2.05) is 0 Å². The number of unbranched alkanes of at least 4 members (excludes halogenated alkanes) is 4. The summed E-state index contributed by atoms with van der Waals surface area (Å²) in [6, 6.07) is 0. The fraction of sp³-hybridized carbons (Fsp3) is 0.893. The lowest BCUT2D eigenvalue weighted by Crippen LogP contribution is -2.30. The van der Waals surface area contributed by atoms with Crippen LogP contribution in [-0.2, 0) is 9.53 Å². The zero-order valence-corrected chi connectivity index (χ0v) is 19.9. The van der Waals surface area contributed by atoms with E-state index < -0.39 is 6.17 Å². The SMILES string of the molecule is CCCCCCCC1CCC(C#CC2CCC(C(=O)OC3CCC(F)CC3)CC2)CC1. The summed E-state index contributed by atoms with van der Waals surface area (Å²) in [5, 5.41) is 0. The Labute approximate surface area is 190 Å². The highest BCUT2D eigenvalue weighted by Gasteiger charge is 2.30. The third-order valence-corrected chi connectivity index (χ3v) is 8.00. The highest BCUT2D eigenvalue weighted by molar-refractivity contribution is 5.72. The van der Waals surface area contributed by atoms with Crippen LogP contribution < -0.4 is 0 Å². The first-order valence-corrected chi connectivity index (χ1v) is 13.5. The molecular formula is C28H45FO2. The molecule has 0 N–H and O–H groups in total. The number of alkyl halides is 1. The fourth-order valence-electron chi connectivity index (χ4n) is 5.74. The molecule has 0 aromatic heterocycles. The van der Waals surface area contributed by atoms with Crippen LogP contribution >= 0.6 is 0 Å². The van der Waals surface area contributed by atoms with E-state index in [2.05, 4.69) is 18.8 Å². The quantitative estimate of drug-likeness (QED) is 0.222. The van der Waals surface area contributed by atoms with E-state index in [4.69, 9.17) is 4.74 Å². The van der Waals surface area contributed by atoms with Crippen molar-refractivity contribution in [2.75, 3.05) is 0 Å². The Kier molecular flexibility index (Phi) is 10.7. The maximum absolute atomic E-state index is 13.3. The summed E-state index contributed by atoms with van der Waals surface area (Å²) in [6.07, 6.45) is 19.3. The van der Waals surface area contributed by atoms with Crippen molar-refractivity contribution >= 4 is 5.97 Å². The van der Waals surface area contributed by atoms with Gasteiger partial charge in [0.15, 0.2) is 0 Å². The average molecular weight is 433 g/mol. The summed E-state index contributed by atoms with van der Waals surface area (Å²) in [5.41, 5.74) is 0. The van der Waals surface area contributed by atoms with Crippen LogP contribution in [0.1, 0.15) is 122 Å². The Morgan fingerprint density at radius 3 is 1.97 bits per heavy atom. The molecule has 0 heterocycles. The zero-order chi connectivity index (χ0) is 21.9. The van der Waals surface area contributed by atoms with Crippen LogP contribution in [0.15, 0.2) is 0 Å². The Hall–Kier alpha value is -1.04. The van der Waals surface area contributed by atoms with Crippen LogP contribution in [0.4, 0.5) is 4.39 Å². The third kappa shape index (κ3) is 8.78. The molecule has 0 spiro atoms. The molecule has 0 aromatic carbocycles. The number of halogens is 1. The Morgan fingerprint density at radius 1 is 0.774 bits per heavy atom. The van der Waals surface area contributed by atoms with Gasteiger partial charge >= 0.3 is 5.97 Å². The lowest BCUT2D eigenvalue weighted by atomic mass is 9.79. The number of esters is 1. The molecule has 2 nitrogen and oxygen atoms in total. The number of ether oxygens (including phenoxy) is 1. The number of hydrogen-bond acceptors (Lipinski definition) is 2.